The normalized spacial score (nSPS) is 12.2. The van der Waals surface area contributed by atoms with Crippen molar-refractivity contribution in [1.82, 2.24) is 5.32 Å². The molecule has 0 aliphatic carbocycles. The predicted octanol–water partition coefficient (Wildman–Crippen LogP) is 2.46. The second-order valence-corrected chi connectivity index (χ2v) is 5.64. The minimum atomic E-state index is -1.07. The summed E-state index contributed by atoms with van der Waals surface area (Å²) in [6.07, 6.45) is 0.684. The highest BCUT2D eigenvalue weighted by Gasteiger charge is 2.28. The first-order valence-corrected chi connectivity index (χ1v) is 6.96. The number of nitrogens with one attached hydrogen (secondary N) is 1. The molecule has 1 unspecified atom stereocenters. The van der Waals surface area contributed by atoms with Crippen molar-refractivity contribution in [2.45, 2.75) is 20.3 Å². The molecule has 0 saturated carbocycles. The Morgan fingerprint density at radius 2 is 1.84 bits per heavy atom. The van der Waals surface area contributed by atoms with Gasteiger partial charge in [-0.05, 0) is 30.0 Å². The predicted molar refractivity (Wildman–Crippen MR) is 76.8 cm³/mol. The van der Waals surface area contributed by atoms with Crippen molar-refractivity contribution in [3.63, 3.8) is 0 Å². The van der Waals surface area contributed by atoms with Crippen molar-refractivity contribution >= 4 is 27.8 Å². The van der Waals surface area contributed by atoms with Crippen LogP contribution in [0.1, 0.15) is 19.4 Å². The summed E-state index contributed by atoms with van der Waals surface area (Å²) in [5.74, 6) is -2.69. The summed E-state index contributed by atoms with van der Waals surface area (Å²) in [6, 6.07) is 7.80. The molecule has 0 aliphatic rings. The summed E-state index contributed by atoms with van der Waals surface area (Å²) in [6.45, 7) is 3.90. The van der Waals surface area contributed by atoms with Crippen LogP contribution in [0, 0.1) is 11.8 Å². The molecule has 19 heavy (non-hydrogen) atoms. The van der Waals surface area contributed by atoms with Crippen molar-refractivity contribution in [2.24, 2.45) is 11.8 Å². The van der Waals surface area contributed by atoms with Crippen LogP contribution >= 0.6 is 15.9 Å². The van der Waals surface area contributed by atoms with Crippen LogP contribution in [-0.4, -0.2) is 23.5 Å². The Morgan fingerprint density at radius 1 is 1.26 bits per heavy atom. The Labute approximate surface area is 121 Å². The summed E-state index contributed by atoms with van der Waals surface area (Å²) < 4.78 is 1.01. The molecule has 1 atom stereocenters. The molecule has 0 bridgehead atoms. The lowest BCUT2D eigenvalue weighted by molar-refractivity contribution is -0.148. The Morgan fingerprint density at radius 3 is 2.32 bits per heavy atom. The number of carbonyl (C=O) groups excluding carboxylic acids is 1. The summed E-state index contributed by atoms with van der Waals surface area (Å²) in [5, 5.41) is 11.7. The fourth-order valence-electron chi connectivity index (χ4n) is 1.79. The highest BCUT2D eigenvalue weighted by atomic mass is 79.9. The van der Waals surface area contributed by atoms with Gasteiger partial charge < -0.3 is 10.4 Å². The molecular formula is C14H18BrNO3. The molecule has 0 saturated heterocycles. The Hall–Kier alpha value is -1.36. The Bertz CT molecular complexity index is 443. The largest absolute Gasteiger partial charge is 0.481 e. The number of amides is 1. The van der Waals surface area contributed by atoms with Gasteiger partial charge in [0.2, 0.25) is 5.91 Å². The van der Waals surface area contributed by atoms with Gasteiger partial charge in [0.15, 0.2) is 0 Å². The highest BCUT2D eigenvalue weighted by molar-refractivity contribution is 9.10. The number of hydrogen-bond acceptors (Lipinski definition) is 2. The quantitative estimate of drug-likeness (QED) is 0.789. The van der Waals surface area contributed by atoms with E-state index < -0.39 is 17.8 Å². The smallest absolute Gasteiger partial charge is 0.316 e. The first-order valence-electron chi connectivity index (χ1n) is 6.16. The van der Waals surface area contributed by atoms with Crippen molar-refractivity contribution < 1.29 is 14.7 Å². The maximum Gasteiger partial charge on any atom is 0.316 e. The van der Waals surface area contributed by atoms with E-state index in [0.29, 0.717) is 13.0 Å². The van der Waals surface area contributed by atoms with Crippen LogP contribution in [0.5, 0.6) is 0 Å². The molecule has 0 radical (unpaired) electrons. The minimum absolute atomic E-state index is 0.217. The first-order chi connectivity index (χ1) is 8.91. The highest BCUT2D eigenvalue weighted by Crippen LogP contribution is 2.12. The van der Waals surface area contributed by atoms with Gasteiger partial charge in [-0.15, -0.1) is 0 Å². The number of carbonyl (C=O) groups is 2. The Kier molecular flexibility index (Phi) is 6.02. The summed E-state index contributed by atoms with van der Waals surface area (Å²) in [4.78, 5) is 22.8. The zero-order valence-corrected chi connectivity index (χ0v) is 12.6. The van der Waals surface area contributed by atoms with E-state index in [2.05, 4.69) is 21.2 Å². The number of rotatable bonds is 6. The molecule has 0 spiro atoms. The summed E-state index contributed by atoms with van der Waals surface area (Å²) in [7, 11) is 0. The lowest BCUT2D eigenvalue weighted by Gasteiger charge is -2.15. The molecule has 1 aromatic carbocycles. The van der Waals surface area contributed by atoms with Crippen molar-refractivity contribution in [3.05, 3.63) is 34.3 Å². The van der Waals surface area contributed by atoms with Crippen LogP contribution in [-0.2, 0) is 16.0 Å². The van der Waals surface area contributed by atoms with E-state index in [1.807, 2.05) is 24.3 Å². The topological polar surface area (TPSA) is 66.4 Å². The minimum Gasteiger partial charge on any atom is -0.481 e. The number of halogens is 1. The molecule has 0 fully saturated rings. The van der Waals surface area contributed by atoms with Gasteiger partial charge >= 0.3 is 5.97 Å². The molecule has 0 heterocycles. The van der Waals surface area contributed by atoms with Gasteiger partial charge in [0.25, 0.3) is 0 Å². The van der Waals surface area contributed by atoms with Gasteiger partial charge in [0, 0.05) is 11.0 Å². The molecule has 2 N–H and O–H groups in total. The fourth-order valence-corrected chi connectivity index (χ4v) is 2.06. The third-order valence-electron chi connectivity index (χ3n) is 2.84. The van der Waals surface area contributed by atoms with Crippen molar-refractivity contribution in [2.75, 3.05) is 6.54 Å². The Balaban J connectivity index is 2.46. The van der Waals surface area contributed by atoms with E-state index in [4.69, 9.17) is 5.11 Å². The number of carboxylic acids is 1. The van der Waals surface area contributed by atoms with E-state index in [1.54, 1.807) is 13.8 Å². The van der Waals surface area contributed by atoms with Gasteiger partial charge in [0.1, 0.15) is 5.92 Å². The van der Waals surface area contributed by atoms with Crippen molar-refractivity contribution in [3.8, 4) is 0 Å². The standard InChI is InChI=1S/C14H18BrNO3/c1-9(2)12(14(18)19)13(17)16-8-7-10-3-5-11(15)6-4-10/h3-6,9,12H,7-8H2,1-2H3,(H,16,17)(H,18,19). The van der Waals surface area contributed by atoms with Crippen LogP contribution in [0.4, 0.5) is 0 Å². The van der Waals surface area contributed by atoms with Gasteiger partial charge in [-0.1, -0.05) is 41.9 Å². The van der Waals surface area contributed by atoms with Gasteiger partial charge in [-0.25, -0.2) is 0 Å². The van der Waals surface area contributed by atoms with E-state index in [0.717, 1.165) is 10.0 Å². The molecule has 4 nitrogen and oxygen atoms in total. The van der Waals surface area contributed by atoms with Crippen LogP contribution in [0.15, 0.2) is 28.7 Å². The third kappa shape index (κ3) is 5.03. The maximum absolute atomic E-state index is 11.8. The van der Waals surface area contributed by atoms with Gasteiger partial charge in [-0.3, -0.25) is 9.59 Å². The number of carboxylic acid groups (broad SMARTS) is 1. The third-order valence-corrected chi connectivity index (χ3v) is 3.37. The lowest BCUT2D eigenvalue weighted by atomic mass is 9.95. The monoisotopic (exact) mass is 327 g/mol. The van der Waals surface area contributed by atoms with E-state index >= 15 is 0 Å². The molecule has 1 aromatic rings. The van der Waals surface area contributed by atoms with Gasteiger partial charge in [0.05, 0.1) is 0 Å². The van der Waals surface area contributed by atoms with Crippen LogP contribution in [0.25, 0.3) is 0 Å². The number of hydrogen-bond donors (Lipinski definition) is 2. The second kappa shape index (κ2) is 7.28. The molecule has 5 heteroatoms. The van der Waals surface area contributed by atoms with Gasteiger partial charge in [-0.2, -0.15) is 0 Å². The zero-order valence-electron chi connectivity index (χ0n) is 11.0. The molecule has 1 amide bonds. The van der Waals surface area contributed by atoms with E-state index in [1.165, 1.54) is 0 Å². The SMILES string of the molecule is CC(C)C(C(=O)O)C(=O)NCCc1ccc(Br)cc1. The average molecular weight is 328 g/mol. The molecule has 1 rings (SSSR count). The molecule has 104 valence electrons. The molecule has 0 aliphatic heterocycles. The lowest BCUT2D eigenvalue weighted by Crippen LogP contribution is -2.39. The van der Waals surface area contributed by atoms with E-state index in [9.17, 15) is 9.59 Å². The molecule has 0 aromatic heterocycles. The van der Waals surface area contributed by atoms with Crippen LogP contribution in [0.2, 0.25) is 0 Å². The molecular weight excluding hydrogens is 310 g/mol. The zero-order chi connectivity index (χ0) is 14.4. The maximum atomic E-state index is 11.8. The summed E-state index contributed by atoms with van der Waals surface area (Å²) >= 11 is 3.35. The summed E-state index contributed by atoms with van der Waals surface area (Å²) in [5.41, 5.74) is 1.10. The van der Waals surface area contributed by atoms with Crippen molar-refractivity contribution in [1.29, 1.82) is 0 Å². The van der Waals surface area contributed by atoms with E-state index in [-0.39, 0.29) is 5.92 Å². The first kappa shape index (κ1) is 15.7. The van der Waals surface area contributed by atoms with Crippen LogP contribution < -0.4 is 5.32 Å². The number of aliphatic carboxylic acids is 1. The number of benzene rings is 1. The average Bonchev–Trinajstić information content (AvgIpc) is 2.30. The fraction of sp³-hybridized carbons (Fsp3) is 0.429. The second-order valence-electron chi connectivity index (χ2n) is 4.73. The van der Waals surface area contributed by atoms with Crippen LogP contribution in [0.3, 0.4) is 0 Å².